The van der Waals surface area contributed by atoms with E-state index in [0.29, 0.717) is 11.6 Å². The smallest absolute Gasteiger partial charge is 0.170 e. The topological polar surface area (TPSA) is 57.2 Å². The Morgan fingerprint density at radius 1 is 1.16 bits per heavy atom. The first kappa shape index (κ1) is 15.8. The van der Waals surface area contributed by atoms with Crippen LogP contribution in [0.2, 0.25) is 0 Å². The lowest BCUT2D eigenvalue weighted by molar-refractivity contribution is 0.386. The predicted molar refractivity (Wildman–Crippen MR) is 94.5 cm³/mol. The number of methoxy groups -OCH3 is 1. The zero-order valence-corrected chi connectivity index (χ0v) is 15.0. The lowest BCUT2D eigenvalue weighted by atomic mass is 10.2. The van der Waals surface area contributed by atoms with Crippen molar-refractivity contribution in [2.45, 2.75) is 6.92 Å². The molecule has 1 aromatic carbocycles. The van der Waals surface area contributed by atoms with E-state index in [0.717, 1.165) is 21.5 Å². The Morgan fingerprint density at radius 2 is 2.00 bits per heavy atom. The van der Waals surface area contributed by atoms with Crippen molar-refractivity contribution in [2.75, 3.05) is 7.11 Å². The van der Waals surface area contributed by atoms with E-state index in [4.69, 9.17) is 4.74 Å². The zero-order valence-electron chi connectivity index (χ0n) is 13.4. The van der Waals surface area contributed by atoms with Gasteiger partial charge in [0.15, 0.2) is 17.4 Å². The molecule has 0 saturated heterocycles. The molecule has 126 valence electrons. The fraction of sp³-hybridized carbons (Fsp3) is 0.118. The van der Waals surface area contributed by atoms with E-state index in [2.05, 4.69) is 31.1 Å². The highest BCUT2D eigenvalue weighted by atomic mass is 79.9. The van der Waals surface area contributed by atoms with Gasteiger partial charge < -0.3 is 4.74 Å². The van der Waals surface area contributed by atoms with Crippen LogP contribution in [0.5, 0.6) is 5.75 Å². The Hall–Kier alpha value is -2.74. The first-order valence-electron chi connectivity index (χ1n) is 7.47. The van der Waals surface area contributed by atoms with Crippen molar-refractivity contribution in [3.05, 3.63) is 59.0 Å². The second kappa shape index (κ2) is 5.96. The van der Waals surface area contributed by atoms with Gasteiger partial charge in [0.25, 0.3) is 0 Å². The van der Waals surface area contributed by atoms with E-state index in [1.807, 2.05) is 34.2 Å². The van der Waals surface area contributed by atoms with E-state index in [1.165, 1.54) is 13.2 Å². The molecule has 0 spiro atoms. The van der Waals surface area contributed by atoms with Crippen molar-refractivity contribution in [3.8, 4) is 22.8 Å². The van der Waals surface area contributed by atoms with Gasteiger partial charge in [-0.05, 0) is 47.1 Å². The maximum absolute atomic E-state index is 13.7. The molecule has 0 bridgehead atoms. The standard InChI is InChI=1S/C17H13BrFN5O/c1-10-21-22-17(11-3-6-16-20-8-15(18)23(16)9-11)24(10)12-4-5-13(19)14(7-12)25-2/h3-9H,1-2H3. The number of imidazole rings is 1. The maximum atomic E-state index is 13.7. The number of aromatic nitrogens is 5. The lowest BCUT2D eigenvalue weighted by Crippen LogP contribution is -2.02. The third kappa shape index (κ3) is 2.58. The second-order valence-corrected chi connectivity index (χ2v) is 6.26. The molecule has 0 saturated carbocycles. The molecule has 4 rings (SSSR count). The normalized spacial score (nSPS) is 11.2. The quantitative estimate of drug-likeness (QED) is 0.523. The Kier molecular flexibility index (Phi) is 3.76. The van der Waals surface area contributed by atoms with E-state index in [9.17, 15) is 4.39 Å². The summed E-state index contributed by atoms with van der Waals surface area (Å²) >= 11 is 3.47. The highest BCUT2D eigenvalue weighted by Gasteiger charge is 2.16. The van der Waals surface area contributed by atoms with E-state index in [-0.39, 0.29) is 5.75 Å². The SMILES string of the molecule is COc1cc(-n2c(C)nnc2-c2ccc3ncc(Br)n3c2)ccc1F. The molecule has 0 atom stereocenters. The number of nitrogens with zero attached hydrogens (tertiary/aromatic N) is 5. The number of hydrogen-bond donors (Lipinski definition) is 0. The Bertz CT molecular complexity index is 1090. The van der Waals surface area contributed by atoms with Gasteiger partial charge in [0, 0.05) is 17.8 Å². The summed E-state index contributed by atoms with van der Waals surface area (Å²) in [7, 11) is 1.44. The average Bonchev–Trinajstić information content (AvgIpc) is 3.18. The Morgan fingerprint density at radius 3 is 2.80 bits per heavy atom. The van der Waals surface area contributed by atoms with Crippen LogP contribution in [0.3, 0.4) is 0 Å². The highest BCUT2D eigenvalue weighted by Crippen LogP contribution is 2.27. The number of halogens is 2. The van der Waals surface area contributed by atoms with Gasteiger partial charge in [0.2, 0.25) is 0 Å². The molecular weight excluding hydrogens is 389 g/mol. The molecule has 0 N–H and O–H groups in total. The molecule has 3 heterocycles. The summed E-state index contributed by atoms with van der Waals surface area (Å²) in [5, 5.41) is 8.47. The summed E-state index contributed by atoms with van der Waals surface area (Å²) in [5.74, 6) is 1.09. The maximum Gasteiger partial charge on any atom is 0.170 e. The van der Waals surface area contributed by atoms with Crippen LogP contribution in [0.4, 0.5) is 4.39 Å². The van der Waals surface area contributed by atoms with Crippen molar-refractivity contribution in [1.82, 2.24) is 24.1 Å². The zero-order chi connectivity index (χ0) is 17.6. The van der Waals surface area contributed by atoms with Gasteiger partial charge in [-0.3, -0.25) is 8.97 Å². The summed E-state index contributed by atoms with van der Waals surface area (Å²) in [5.41, 5.74) is 2.40. The lowest BCUT2D eigenvalue weighted by Gasteiger charge is -2.11. The molecule has 8 heteroatoms. The van der Waals surface area contributed by atoms with Crippen LogP contribution in [0.15, 0.2) is 47.3 Å². The Balaban J connectivity index is 1.90. The summed E-state index contributed by atoms with van der Waals surface area (Å²) in [6.45, 7) is 1.85. The van der Waals surface area contributed by atoms with Crippen LogP contribution in [0, 0.1) is 12.7 Å². The largest absolute Gasteiger partial charge is 0.494 e. The molecule has 25 heavy (non-hydrogen) atoms. The van der Waals surface area contributed by atoms with Crippen LogP contribution < -0.4 is 4.74 Å². The van der Waals surface area contributed by atoms with Crippen molar-refractivity contribution in [2.24, 2.45) is 0 Å². The molecular formula is C17H13BrFN5O. The minimum atomic E-state index is -0.415. The van der Waals surface area contributed by atoms with Gasteiger partial charge in [-0.25, -0.2) is 9.37 Å². The molecule has 0 radical (unpaired) electrons. The van der Waals surface area contributed by atoms with Gasteiger partial charge in [-0.2, -0.15) is 0 Å². The molecule has 0 fully saturated rings. The van der Waals surface area contributed by atoms with Crippen LogP contribution in [0.25, 0.3) is 22.7 Å². The monoisotopic (exact) mass is 401 g/mol. The van der Waals surface area contributed by atoms with Crippen LogP contribution in [0.1, 0.15) is 5.82 Å². The van der Waals surface area contributed by atoms with Crippen LogP contribution >= 0.6 is 15.9 Å². The van der Waals surface area contributed by atoms with Crippen molar-refractivity contribution in [1.29, 1.82) is 0 Å². The first-order chi connectivity index (χ1) is 12.1. The number of rotatable bonds is 3. The molecule has 0 aliphatic carbocycles. The molecule has 0 aliphatic rings. The molecule has 4 aromatic rings. The van der Waals surface area contributed by atoms with Crippen LogP contribution in [-0.4, -0.2) is 31.3 Å². The molecule has 0 amide bonds. The molecule has 6 nitrogen and oxygen atoms in total. The minimum absolute atomic E-state index is 0.171. The highest BCUT2D eigenvalue weighted by molar-refractivity contribution is 9.10. The van der Waals surface area contributed by atoms with Crippen molar-refractivity contribution in [3.63, 3.8) is 0 Å². The van der Waals surface area contributed by atoms with Gasteiger partial charge in [0.1, 0.15) is 16.1 Å². The van der Waals surface area contributed by atoms with Gasteiger partial charge in [0.05, 0.1) is 19.0 Å². The summed E-state index contributed by atoms with van der Waals surface area (Å²) in [6.07, 6.45) is 3.66. The summed E-state index contributed by atoms with van der Waals surface area (Å²) in [6, 6.07) is 8.49. The molecule has 0 unspecified atom stereocenters. The third-order valence-electron chi connectivity index (χ3n) is 3.94. The summed E-state index contributed by atoms with van der Waals surface area (Å²) in [4.78, 5) is 4.29. The van der Waals surface area contributed by atoms with Crippen molar-refractivity contribution < 1.29 is 9.13 Å². The van der Waals surface area contributed by atoms with Gasteiger partial charge >= 0.3 is 0 Å². The van der Waals surface area contributed by atoms with E-state index in [1.54, 1.807) is 18.3 Å². The first-order valence-corrected chi connectivity index (χ1v) is 8.26. The fourth-order valence-electron chi connectivity index (χ4n) is 2.73. The second-order valence-electron chi connectivity index (χ2n) is 5.45. The fourth-order valence-corrected chi connectivity index (χ4v) is 3.12. The number of fused-ring (bicyclic) bond motifs is 1. The number of pyridine rings is 1. The van der Waals surface area contributed by atoms with Crippen LogP contribution in [-0.2, 0) is 0 Å². The van der Waals surface area contributed by atoms with E-state index >= 15 is 0 Å². The number of hydrogen-bond acceptors (Lipinski definition) is 4. The number of aryl methyl sites for hydroxylation is 1. The molecule has 3 aromatic heterocycles. The van der Waals surface area contributed by atoms with Gasteiger partial charge in [-0.15, -0.1) is 10.2 Å². The third-order valence-corrected chi connectivity index (χ3v) is 4.52. The Labute approximate surface area is 151 Å². The van der Waals surface area contributed by atoms with Gasteiger partial charge in [-0.1, -0.05) is 0 Å². The molecule has 0 aliphatic heterocycles. The summed E-state index contributed by atoms with van der Waals surface area (Å²) < 4.78 is 23.4. The predicted octanol–water partition coefficient (Wildman–Crippen LogP) is 3.80. The number of benzene rings is 1. The van der Waals surface area contributed by atoms with E-state index < -0.39 is 5.82 Å². The van der Waals surface area contributed by atoms with Crippen molar-refractivity contribution >= 4 is 21.6 Å². The average molecular weight is 402 g/mol. The minimum Gasteiger partial charge on any atom is -0.494 e. The number of ether oxygens (including phenoxy) is 1.